The third-order valence-corrected chi connectivity index (χ3v) is 9.59. The van der Waals surface area contributed by atoms with E-state index in [1.807, 2.05) is 6.08 Å². The summed E-state index contributed by atoms with van der Waals surface area (Å²) in [5.74, 6) is 0. The maximum Gasteiger partial charge on any atom is 0.134 e. The molecule has 2 heteroatoms. The number of nitrogens with one attached hydrogen (secondary N) is 1. The van der Waals surface area contributed by atoms with Crippen LogP contribution in [0.25, 0.3) is 6.08 Å². The van der Waals surface area contributed by atoms with E-state index in [2.05, 4.69) is 75.3 Å². The molecule has 24 heavy (non-hydrogen) atoms. The SMILES string of the molecule is C=CCCCCCC[Si](C)(NC(C)(C)C)C1C=Cc2ccccc21. The first kappa shape index (κ1) is 19.2. The molecule has 0 bridgehead atoms. The summed E-state index contributed by atoms with van der Waals surface area (Å²) in [5, 5.41) is 0. The van der Waals surface area contributed by atoms with Crippen LogP contribution in [0.4, 0.5) is 0 Å². The number of unbranched alkanes of at least 4 members (excludes halogenated alkanes) is 4. The summed E-state index contributed by atoms with van der Waals surface area (Å²) in [4.78, 5) is 4.09. The van der Waals surface area contributed by atoms with Crippen molar-refractivity contribution in [2.45, 2.75) is 76.5 Å². The van der Waals surface area contributed by atoms with Gasteiger partial charge >= 0.3 is 0 Å². The Morgan fingerprint density at radius 3 is 2.54 bits per heavy atom. The van der Waals surface area contributed by atoms with Crippen molar-refractivity contribution >= 4 is 14.3 Å². The van der Waals surface area contributed by atoms with Crippen LogP contribution in [0.3, 0.4) is 0 Å². The number of hydrogen-bond acceptors (Lipinski definition) is 1. The Balaban J connectivity index is 2.07. The molecule has 1 nitrogen and oxygen atoms in total. The summed E-state index contributed by atoms with van der Waals surface area (Å²) >= 11 is 0. The van der Waals surface area contributed by atoms with Crippen molar-refractivity contribution in [2.24, 2.45) is 0 Å². The monoisotopic (exact) mass is 341 g/mol. The predicted molar refractivity (Wildman–Crippen MR) is 111 cm³/mol. The Morgan fingerprint density at radius 2 is 1.83 bits per heavy atom. The minimum atomic E-state index is -1.63. The second kappa shape index (κ2) is 8.31. The first-order valence-corrected chi connectivity index (χ1v) is 12.3. The second-order valence-electron chi connectivity index (χ2n) is 8.50. The van der Waals surface area contributed by atoms with Crippen LogP contribution in [0.1, 0.15) is 69.5 Å². The van der Waals surface area contributed by atoms with Crippen LogP contribution in [-0.4, -0.2) is 13.8 Å². The van der Waals surface area contributed by atoms with Gasteiger partial charge in [0.25, 0.3) is 0 Å². The van der Waals surface area contributed by atoms with Crippen LogP contribution in [0.15, 0.2) is 43.0 Å². The van der Waals surface area contributed by atoms with E-state index in [1.165, 1.54) is 42.9 Å². The lowest BCUT2D eigenvalue weighted by molar-refractivity contribution is 0.503. The normalized spacial score (nSPS) is 19.1. The molecule has 132 valence electrons. The summed E-state index contributed by atoms with van der Waals surface area (Å²) in [6.45, 7) is 13.3. The van der Waals surface area contributed by atoms with Crippen molar-refractivity contribution in [3.05, 3.63) is 54.1 Å². The van der Waals surface area contributed by atoms with Crippen LogP contribution < -0.4 is 4.98 Å². The molecule has 0 fully saturated rings. The zero-order valence-electron chi connectivity index (χ0n) is 16.1. The lowest BCUT2D eigenvalue weighted by Gasteiger charge is -2.40. The van der Waals surface area contributed by atoms with Gasteiger partial charge in [-0.3, -0.25) is 0 Å². The third kappa shape index (κ3) is 5.19. The van der Waals surface area contributed by atoms with Gasteiger partial charge in [-0.15, -0.1) is 6.58 Å². The molecule has 0 spiro atoms. The van der Waals surface area contributed by atoms with Crippen molar-refractivity contribution in [3.63, 3.8) is 0 Å². The van der Waals surface area contributed by atoms with Crippen molar-refractivity contribution in [1.29, 1.82) is 0 Å². The van der Waals surface area contributed by atoms with Crippen LogP contribution in [0.2, 0.25) is 12.6 Å². The molecule has 0 aliphatic heterocycles. The highest BCUT2D eigenvalue weighted by Gasteiger charge is 2.40. The van der Waals surface area contributed by atoms with Gasteiger partial charge in [0, 0.05) is 11.1 Å². The van der Waals surface area contributed by atoms with E-state index in [0.29, 0.717) is 5.54 Å². The Kier molecular flexibility index (Phi) is 6.65. The first-order valence-electron chi connectivity index (χ1n) is 9.53. The van der Waals surface area contributed by atoms with Crippen LogP contribution in [0, 0.1) is 0 Å². The van der Waals surface area contributed by atoms with E-state index in [4.69, 9.17) is 0 Å². The van der Waals surface area contributed by atoms with Gasteiger partial charge in [-0.05, 0) is 50.8 Å². The molecule has 1 aromatic carbocycles. The Hall–Kier alpha value is -1.12. The van der Waals surface area contributed by atoms with Crippen LogP contribution >= 0.6 is 0 Å². The summed E-state index contributed by atoms with van der Waals surface area (Å²) < 4.78 is 0. The van der Waals surface area contributed by atoms with Gasteiger partial charge in [0.15, 0.2) is 0 Å². The standard InChI is InChI=1S/C22H35NSi/c1-6-7-8-9-10-13-18-24(5,23-22(2,3)4)21-17-16-19-14-11-12-15-20(19)21/h6,11-12,14-17,21,23H,1,7-10,13,18H2,2-5H3. The Bertz CT molecular complexity index is 570. The number of allylic oxidation sites excluding steroid dienone is 2. The van der Waals surface area contributed by atoms with Gasteiger partial charge in [-0.25, -0.2) is 0 Å². The second-order valence-corrected chi connectivity index (χ2v) is 12.7. The Labute approximate surface area is 150 Å². The van der Waals surface area contributed by atoms with Gasteiger partial charge in [0.1, 0.15) is 8.24 Å². The maximum atomic E-state index is 4.09. The van der Waals surface area contributed by atoms with Crippen molar-refractivity contribution in [1.82, 2.24) is 4.98 Å². The molecule has 2 unspecified atom stereocenters. The zero-order valence-corrected chi connectivity index (χ0v) is 17.1. The van der Waals surface area contributed by atoms with Gasteiger partial charge < -0.3 is 4.98 Å². The predicted octanol–water partition coefficient (Wildman–Crippen LogP) is 6.44. The van der Waals surface area contributed by atoms with Crippen molar-refractivity contribution < 1.29 is 0 Å². The molecule has 0 radical (unpaired) electrons. The fourth-order valence-electron chi connectivity index (χ4n) is 4.09. The van der Waals surface area contributed by atoms with E-state index in [9.17, 15) is 0 Å². The van der Waals surface area contributed by atoms with E-state index < -0.39 is 8.24 Å². The fourth-order valence-corrected chi connectivity index (χ4v) is 8.85. The molecule has 1 aliphatic carbocycles. The van der Waals surface area contributed by atoms with E-state index in [1.54, 1.807) is 0 Å². The zero-order chi connectivity index (χ0) is 17.6. The minimum absolute atomic E-state index is 0.176. The molecule has 0 amide bonds. The molecule has 2 atom stereocenters. The topological polar surface area (TPSA) is 12.0 Å². The van der Waals surface area contributed by atoms with E-state index in [-0.39, 0.29) is 5.54 Å². The largest absolute Gasteiger partial charge is 0.332 e. The molecular formula is C22H35NSi. The molecule has 0 aromatic heterocycles. The smallest absolute Gasteiger partial charge is 0.134 e. The Morgan fingerprint density at radius 1 is 1.12 bits per heavy atom. The van der Waals surface area contributed by atoms with Gasteiger partial charge in [-0.1, -0.05) is 68.3 Å². The van der Waals surface area contributed by atoms with E-state index >= 15 is 0 Å². The number of fused-ring (bicyclic) bond motifs is 1. The van der Waals surface area contributed by atoms with Crippen LogP contribution in [-0.2, 0) is 0 Å². The van der Waals surface area contributed by atoms with Gasteiger partial charge in [0.05, 0.1) is 0 Å². The highest BCUT2D eigenvalue weighted by molar-refractivity contribution is 6.78. The van der Waals surface area contributed by atoms with Gasteiger partial charge in [-0.2, -0.15) is 0 Å². The molecule has 0 saturated heterocycles. The first-order chi connectivity index (χ1) is 11.4. The summed E-state index contributed by atoms with van der Waals surface area (Å²) in [7, 11) is -1.63. The van der Waals surface area contributed by atoms with E-state index in [0.717, 1.165) is 6.42 Å². The molecular weight excluding hydrogens is 306 g/mol. The highest BCUT2D eigenvalue weighted by Crippen LogP contribution is 2.39. The molecule has 1 aromatic rings. The highest BCUT2D eigenvalue weighted by atomic mass is 28.3. The molecule has 1 aliphatic rings. The molecule has 0 saturated carbocycles. The van der Waals surface area contributed by atoms with Gasteiger partial charge in [0.2, 0.25) is 0 Å². The summed E-state index contributed by atoms with van der Waals surface area (Å²) in [6.07, 6.45) is 13.3. The third-order valence-electron chi connectivity index (χ3n) is 5.00. The lowest BCUT2D eigenvalue weighted by Crippen LogP contribution is -2.59. The minimum Gasteiger partial charge on any atom is -0.332 e. The quantitative estimate of drug-likeness (QED) is 0.310. The maximum absolute atomic E-state index is 4.09. The molecule has 1 N–H and O–H groups in total. The number of rotatable bonds is 9. The molecule has 2 rings (SSSR count). The number of benzene rings is 1. The number of hydrogen-bond donors (Lipinski definition) is 1. The lowest BCUT2D eigenvalue weighted by atomic mass is 10.1. The average Bonchev–Trinajstić information content (AvgIpc) is 2.94. The summed E-state index contributed by atoms with van der Waals surface area (Å²) in [6, 6.07) is 10.3. The van der Waals surface area contributed by atoms with Crippen molar-refractivity contribution in [2.75, 3.05) is 0 Å². The fraction of sp³-hybridized carbons (Fsp3) is 0.545. The average molecular weight is 342 g/mol. The molecule has 0 heterocycles. The van der Waals surface area contributed by atoms with Crippen LogP contribution in [0.5, 0.6) is 0 Å². The van der Waals surface area contributed by atoms with Crippen molar-refractivity contribution in [3.8, 4) is 0 Å². The summed E-state index contributed by atoms with van der Waals surface area (Å²) in [5.41, 5.74) is 3.73.